The number of carbonyl (C=O) groups is 2. The van der Waals surface area contributed by atoms with E-state index in [4.69, 9.17) is 35.4 Å². The van der Waals surface area contributed by atoms with Crippen molar-refractivity contribution in [1.29, 1.82) is 0 Å². The van der Waals surface area contributed by atoms with Gasteiger partial charge in [0.2, 0.25) is 0 Å². The first kappa shape index (κ1) is 18.3. The number of anilines is 1. The summed E-state index contributed by atoms with van der Waals surface area (Å²) in [4.78, 5) is 26.4. The Labute approximate surface area is 172 Å². The summed E-state index contributed by atoms with van der Waals surface area (Å²) in [5, 5.41) is 3.17. The molecule has 3 rings (SSSR count). The van der Waals surface area contributed by atoms with Crippen LogP contribution in [0.5, 0.6) is 0 Å². The van der Waals surface area contributed by atoms with Gasteiger partial charge in [0.15, 0.2) is 5.11 Å². The van der Waals surface area contributed by atoms with Crippen LogP contribution >= 0.6 is 58.0 Å². The van der Waals surface area contributed by atoms with Crippen LogP contribution in [0.3, 0.4) is 0 Å². The van der Waals surface area contributed by atoms with E-state index in [0.717, 1.165) is 9.13 Å². The number of carbonyl (C=O) groups excluding carboxylic acids is 2. The molecule has 4 nitrogen and oxygen atoms in total. The van der Waals surface area contributed by atoms with Gasteiger partial charge in [-0.15, -0.1) is 0 Å². The fourth-order valence-electron chi connectivity index (χ4n) is 2.26. The molecule has 126 valence electrons. The summed E-state index contributed by atoms with van der Waals surface area (Å²) in [6.07, 6.45) is 1.55. The molecule has 1 aliphatic heterocycles. The van der Waals surface area contributed by atoms with Crippen molar-refractivity contribution in [2.24, 2.45) is 0 Å². The van der Waals surface area contributed by atoms with Crippen molar-refractivity contribution >= 4 is 86.7 Å². The molecule has 1 heterocycles. The van der Waals surface area contributed by atoms with Crippen molar-refractivity contribution in [1.82, 2.24) is 5.32 Å². The van der Waals surface area contributed by atoms with Crippen molar-refractivity contribution in [3.05, 3.63) is 67.2 Å². The first-order valence-electron chi connectivity index (χ1n) is 6.99. The summed E-state index contributed by atoms with van der Waals surface area (Å²) >= 11 is 19.2. The molecule has 1 saturated heterocycles. The summed E-state index contributed by atoms with van der Waals surface area (Å²) in [7, 11) is 0. The molecule has 2 aromatic rings. The standard InChI is InChI=1S/C17H9Cl2IN2O2S/c18-12-6-5-10(8-13(12)19)22-16(24)11(15(23)21-17(22)25)7-9-3-1-2-4-14(9)20/h1-8H,(H,21,23,25)/b11-7+. The highest BCUT2D eigenvalue weighted by atomic mass is 127. The van der Waals surface area contributed by atoms with Gasteiger partial charge in [-0.05, 0) is 70.7 Å². The molecule has 0 bridgehead atoms. The van der Waals surface area contributed by atoms with Gasteiger partial charge in [-0.1, -0.05) is 41.4 Å². The number of rotatable bonds is 2. The minimum Gasteiger partial charge on any atom is -0.298 e. The minimum atomic E-state index is -0.536. The highest BCUT2D eigenvalue weighted by Crippen LogP contribution is 2.29. The first-order chi connectivity index (χ1) is 11.9. The van der Waals surface area contributed by atoms with E-state index in [1.54, 1.807) is 18.2 Å². The summed E-state index contributed by atoms with van der Waals surface area (Å²) in [5.74, 6) is -1.06. The van der Waals surface area contributed by atoms with Crippen LogP contribution in [0, 0.1) is 3.57 Å². The second-order valence-electron chi connectivity index (χ2n) is 5.08. The number of hydrogen-bond acceptors (Lipinski definition) is 3. The molecule has 2 amide bonds. The molecule has 8 heteroatoms. The third-order valence-corrected chi connectivity index (χ3v) is 5.47. The summed E-state index contributed by atoms with van der Waals surface area (Å²) < 4.78 is 0.919. The summed E-state index contributed by atoms with van der Waals surface area (Å²) in [5.41, 5.74) is 1.19. The number of hydrogen-bond donors (Lipinski definition) is 1. The highest BCUT2D eigenvalue weighted by Gasteiger charge is 2.34. The summed E-state index contributed by atoms with van der Waals surface area (Å²) in [6, 6.07) is 12.1. The maximum absolute atomic E-state index is 12.9. The maximum atomic E-state index is 12.9. The van der Waals surface area contributed by atoms with E-state index >= 15 is 0 Å². The third-order valence-electron chi connectivity index (χ3n) is 3.47. The monoisotopic (exact) mass is 502 g/mol. The SMILES string of the molecule is O=C1NC(=S)N(c2ccc(Cl)c(Cl)c2)C(=O)/C1=C/c1ccccc1I. The zero-order chi connectivity index (χ0) is 18.1. The molecule has 1 aliphatic rings. The number of nitrogens with zero attached hydrogens (tertiary/aromatic N) is 1. The van der Waals surface area contributed by atoms with Crippen LogP contribution in [0.15, 0.2) is 48.0 Å². The fourth-order valence-corrected chi connectivity index (χ4v) is 3.38. The molecule has 0 aromatic heterocycles. The second-order valence-corrected chi connectivity index (χ2v) is 7.44. The molecule has 0 aliphatic carbocycles. The molecule has 25 heavy (non-hydrogen) atoms. The molecular weight excluding hydrogens is 494 g/mol. The van der Waals surface area contributed by atoms with Crippen molar-refractivity contribution in [3.63, 3.8) is 0 Å². The van der Waals surface area contributed by atoms with E-state index in [-0.39, 0.29) is 15.7 Å². The van der Waals surface area contributed by atoms with Crippen LogP contribution in [0.2, 0.25) is 10.0 Å². The Morgan fingerprint density at radius 2 is 1.80 bits per heavy atom. The Morgan fingerprint density at radius 3 is 2.48 bits per heavy atom. The summed E-state index contributed by atoms with van der Waals surface area (Å²) in [6.45, 7) is 0. The number of benzene rings is 2. The quantitative estimate of drug-likeness (QED) is 0.286. The van der Waals surface area contributed by atoms with Crippen LogP contribution in [0.4, 0.5) is 5.69 Å². The molecule has 0 saturated carbocycles. The topological polar surface area (TPSA) is 49.4 Å². The van der Waals surface area contributed by atoms with Crippen LogP contribution < -0.4 is 10.2 Å². The first-order valence-corrected chi connectivity index (χ1v) is 9.24. The molecule has 2 aromatic carbocycles. The lowest BCUT2D eigenvalue weighted by molar-refractivity contribution is -0.122. The van der Waals surface area contributed by atoms with E-state index in [0.29, 0.717) is 10.7 Å². The molecule has 0 spiro atoms. The lowest BCUT2D eigenvalue weighted by Crippen LogP contribution is -2.54. The number of amides is 2. The normalized spacial score (nSPS) is 16.4. The van der Waals surface area contributed by atoms with Gasteiger partial charge in [-0.3, -0.25) is 19.8 Å². The van der Waals surface area contributed by atoms with E-state index in [1.165, 1.54) is 11.0 Å². The van der Waals surface area contributed by atoms with Gasteiger partial charge in [0.1, 0.15) is 5.57 Å². The van der Waals surface area contributed by atoms with Crippen LogP contribution in [-0.4, -0.2) is 16.9 Å². The molecule has 1 N–H and O–H groups in total. The van der Waals surface area contributed by atoms with Gasteiger partial charge >= 0.3 is 0 Å². The van der Waals surface area contributed by atoms with Crippen molar-refractivity contribution in [3.8, 4) is 0 Å². The maximum Gasteiger partial charge on any atom is 0.270 e. The van der Waals surface area contributed by atoms with E-state index in [2.05, 4.69) is 27.9 Å². The average molecular weight is 503 g/mol. The third kappa shape index (κ3) is 3.72. The van der Waals surface area contributed by atoms with E-state index in [9.17, 15) is 9.59 Å². The molecule has 0 atom stereocenters. The zero-order valence-electron chi connectivity index (χ0n) is 12.4. The Kier molecular flexibility index (Phi) is 5.43. The van der Waals surface area contributed by atoms with Crippen LogP contribution in [0.25, 0.3) is 6.08 Å². The van der Waals surface area contributed by atoms with Gasteiger partial charge in [0.05, 0.1) is 15.7 Å². The van der Waals surface area contributed by atoms with Crippen LogP contribution in [-0.2, 0) is 9.59 Å². The van der Waals surface area contributed by atoms with E-state index in [1.807, 2.05) is 24.3 Å². The molecule has 0 radical (unpaired) electrons. The predicted molar refractivity (Wildman–Crippen MR) is 112 cm³/mol. The van der Waals surface area contributed by atoms with Gasteiger partial charge < -0.3 is 0 Å². The molecule has 1 fully saturated rings. The van der Waals surface area contributed by atoms with Crippen molar-refractivity contribution < 1.29 is 9.59 Å². The Balaban J connectivity index is 2.05. The largest absolute Gasteiger partial charge is 0.298 e. The van der Waals surface area contributed by atoms with E-state index < -0.39 is 11.8 Å². The lowest BCUT2D eigenvalue weighted by atomic mass is 10.1. The van der Waals surface area contributed by atoms with Crippen LogP contribution in [0.1, 0.15) is 5.56 Å². The van der Waals surface area contributed by atoms with Gasteiger partial charge in [-0.25, -0.2) is 0 Å². The fraction of sp³-hybridized carbons (Fsp3) is 0. The average Bonchev–Trinajstić information content (AvgIpc) is 2.56. The lowest BCUT2D eigenvalue weighted by Gasteiger charge is -2.29. The Morgan fingerprint density at radius 1 is 1.08 bits per heavy atom. The molecular formula is C17H9Cl2IN2O2S. The Bertz CT molecular complexity index is 946. The van der Waals surface area contributed by atoms with Gasteiger partial charge in [-0.2, -0.15) is 0 Å². The second kappa shape index (κ2) is 7.41. The smallest absolute Gasteiger partial charge is 0.270 e. The van der Waals surface area contributed by atoms with Gasteiger partial charge in [0, 0.05) is 3.57 Å². The van der Waals surface area contributed by atoms with Crippen molar-refractivity contribution in [2.75, 3.05) is 4.90 Å². The minimum absolute atomic E-state index is 0.00621. The molecule has 0 unspecified atom stereocenters. The highest BCUT2D eigenvalue weighted by molar-refractivity contribution is 14.1. The number of thiocarbonyl (C=S) groups is 1. The van der Waals surface area contributed by atoms with Crippen molar-refractivity contribution in [2.45, 2.75) is 0 Å². The number of nitrogens with one attached hydrogen (secondary N) is 1. The number of halogens is 3. The zero-order valence-corrected chi connectivity index (χ0v) is 16.9. The predicted octanol–water partition coefficient (Wildman–Crippen LogP) is 4.43. The Hall–Kier alpha value is -1.48. The van der Waals surface area contributed by atoms with Gasteiger partial charge in [0.25, 0.3) is 11.8 Å².